The van der Waals surface area contributed by atoms with E-state index in [0.717, 1.165) is 11.6 Å². The fraction of sp³-hybridized carbons (Fsp3) is 0.348. The zero-order chi connectivity index (χ0) is 23.3. The Labute approximate surface area is 186 Å². The Bertz CT molecular complexity index is 907. The molecule has 2 N–H and O–H groups in total. The van der Waals surface area contributed by atoms with Crippen molar-refractivity contribution in [3.63, 3.8) is 0 Å². The number of esters is 1. The molecule has 0 heterocycles. The van der Waals surface area contributed by atoms with Gasteiger partial charge in [-0.25, -0.2) is 14.0 Å². The van der Waals surface area contributed by atoms with Crippen molar-refractivity contribution in [2.24, 2.45) is 0 Å². The number of methoxy groups -OCH3 is 1. The van der Waals surface area contributed by atoms with Crippen molar-refractivity contribution in [3.8, 4) is 0 Å². The van der Waals surface area contributed by atoms with Gasteiger partial charge in [-0.2, -0.15) is 0 Å². The summed E-state index contributed by atoms with van der Waals surface area (Å²) < 4.78 is 28.8. The Kier molecular flexibility index (Phi) is 10.1. The van der Waals surface area contributed by atoms with Crippen LogP contribution in [0.4, 0.5) is 9.18 Å². The van der Waals surface area contributed by atoms with E-state index >= 15 is 0 Å². The Hall–Kier alpha value is -3.46. The minimum Gasteiger partial charge on any atom is -0.462 e. The van der Waals surface area contributed by atoms with Gasteiger partial charge in [-0.1, -0.05) is 37.3 Å². The summed E-state index contributed by atoms with van der Waals surface area (Å²) >= 11 is 0. The van der Waals surface area contributed by atoms with E-state index in [1.165, 1.54) is 13.2 Å². The number of hydrogen-bond donors (Lipinski definition) is 2. The van der Waals surface area contributed by atoms with Gasteiger partial charge in [0.2, 0.25) is 0 Å². The zero-order valence-corrected chi connectivity index (χ0v) is 18.1. The second kappa shape index (κ2) is 13.1. The van der Waals surface area contributed by atoms with Crippen LogP contribution in [0.1, 0.15) is 28.4 Å². The summed E-state index contributed by atoms with van der Waals surface area (Å²) in [6, 6.07) is 11.8. The van der Waals surface area contributed by atoms with Gasteiger partial charge in [0.05, 0.1) is 6.61 Å². The number of ether oxygens (including phenoxy) is 3. The van der Waals surface area contributed by atoms with Gasteiger partial charge in [0.25, 0.3) is 5.91 Å². The van der Waals surface area contributed by atoms with E-state index in [4.69, 9.17) is 14.2 Å². The molecular formula is C23H27FN2O6. The highest BCUT2D eigenvalue weighted by Gasteiger charge is 2.24. The third-order valence-corrected chi connectivity index (χ3v) is 4.42. The third kappa shape index (κ3) is 8.35. The molecule has 0 saturated carbocycles. The highest BCUT2D eigenvalue weighted by molar-refractivity contribution is 5.95. The molecule has 1 atom stereocenters. The first-order valence-electron chi connectivity index (χ1n) is 10.1. The molecule has 0 aliphatic rings. The molecule has 2 amide bonds. The maximum Gasteiger partial charge on any atom is 0.408 e. The first-order chi connectivity index (χ1) is 15.4. The Morgan fingerprint density at radius 3 is 2.44 bits per heavy atom. The summed E-state index contributed by atoms with van der Waals surface area (Å²) in [5.74, 6) is -1.89. The van der Waals surface area contributed by atoms with E-state index in [9.17, 15) is 18.8 Å². The van der Waals surface area contributed by atoms with Gasteiger partial charge < -0.3 is 24.8 Å². The minimum absolute atomic E-state index is 0.00750. The number of hydrogen-bond acceptors (Lipinski definition) is 6. The molecule has 2 aromatic rings. The van der Waals surface area contributed by atoms with Gasteiger partial charge in [-0.3, -0.25) is 4.79 Å². The van der Waals surface area contributed by atoms with Crippen LogP contribution in [0.2, 0.25) is 0 Å². The lowest BCUT2D eigenvalue weighted by atomic mass is 10.1. The van der Waals surface area contributed by atoms with E-state index in [2.05, 4.69) is 10.6 Å². The Morgan fingerprint density at radius 1 is 1.00 bits per heavy atom. The van der Waals surface area contributed by atoms with Gasteiger partial charge in [-0.15, -0.1) is 0 Å². The number of benzene rings is 2. The van der Waals surface area contributed by atoms with Gasteiger partial charge >= 0.3 is 12.1 Å². The number of amides is 2. The number of carbonyl (C=O) groups excluding carboxylic acids is 3. The summed E-state index contributed by atoms with van der Waals surface area (Å²) in [5.41, 5.74) is 1.54. The molecule has 172 valence electrons. The molecule has 0 fully saturated rings. The summed E-state index contributed by atoms with van der Waals surface area (Å²) in [4.78, 5) is 37.0. The summed E-state index contributed by atoms with van der Waals surface area (Å²) in [6.07, 6.45) is -0.294. The molecular weight excluding hydrogens is 419 g/mol. The molecule has 0 aliphatic heterocycles. The molecule has 0 bridgehead atoms. The molecule has 0 saturated heterocycles. The number of carbonyl (C=O) groups is 3. The van der Waals surface area contributed by atoms with Crippen molar-refractivity contribution in [3.05, 3.63) is 71.0 Å². The molecule has 0 aliphatic carbocycles. The van der Waals surface area contributed by atoms with E-state index in [0.29, 0.717) is 12.0 Å². The van der Waals surface area contributed by atoms with Crippen molar-refractivity contribution in [2.75, 3.05) is 26.9 Å². The maximum atomic E-state index is 13.7. The Balaban J connectivity index is 1.99. The van der Waals surface area contributed by atoms with Crippen LogP contribution in [-0.4, -0.2) is 50.9 Å². The first-order valence-corrected chi connectivity index (χ1v) is 10.1. The molecule has 0 unspecified atom stereocenters. The van der Waals surface area contributed by atoms with Crippen LogP contribution in [0.25, 0.3) is 0 Å². The fourth-order valence-corrected chi connectivity index (χ4v) is 2.71. The van der Waals surface area contributed by atoms with E-state index in [-0.39, 0.29) is 31.9 Å². The average molecular weight is 446 g/mol. The Morgan fingerprint density at radius 2 is 1.75 bits per heavy atom. The van der Waals surface area contributed by atoms with Crippen LogP contribution in [0.3, 0.4) is 0 Å². The second-order valence-corrected chi connectivity index (χ2v) is 6.83. The zero-order valence-electron chi connectivity index (χ0n) is 18.1. The van der Waals surface area contributed by atoms with Crippen molar-refractivity contribution >= 4 is 18.0 Å². The lowest BCUT2D eigenvalue weighted by Crippen LogP contribution is -2.49. The lowest BCUT2D eigenvalue weighted by Gasteiger charge is -2.18. The normalized spacial score (nSPS) is 11.3. The molecule has 0 aromatic heterocycles. The largest absolute Gasteiger partial charge is 0.462 e. The van der Waals surface area contributed by atoms with Crippen molar-refractivity contribution in [2.45, 2.75) is 26.0 Å². The average Bonchev–Trinajstić information content (AvgIpc) is 2.80. The molecule has 32 heavy (non-hydrogen) atoms. The molecule has 8 nitrogen and oxygen atoms in total. The van der Waals surface area contributed by atoms with Crippen LogP contribution < -0.4 is 10.6 Å². The third-order valence-electron chi connectivity index (χ3n) is 4.42. The van der Waals surface area contributed by atoms with Crippen LogP contribution >= 0.6 is 0 Å². The second-order valence-electron chi connectivity index (χ2n) is 6.83. The SMILES string of the molecule is CCc1cc(F)cc(C(=O)NC[C@@H](NC(=O)OCc2ccccc2)C(=O)OCCOC)c1. The van der Waals surface area contributed by atoms with E-state index in [1.54, 1.807) is 30.3 Å². The predicted octanol–water partition coefficient (Wildman–Crippen LogP) is 2.60. The van der Waals surface area contributed by atoms with E-state index < -0.39 is 29.8 Å². The smallest absolute Gasteiger partial charge is 0.408 e. The van der Waals surface area contributed by atoms with Crippen LogP contribution in [0.5, 0.6) is 0 Å². The number of rotatable bonds is 11. The quantitative estimate of drug-likeness (QED) is 0.406. The summed E-state index contributed by atoms with van der Waals surface area (Å²) in [7, 11) is 1.45. The van der Waals surface area contributed by atoms with Crippen molar-refractivity contribution < 1.29 is 33.0 Å². The topological polar surface area (TPSA) is 103 Å². The number of aryl methyl sites for hydroxylation is 1. The van der Waals surface area contributed by atoms with Crippen LogP contribution in [0.15, 0.2) is 48.5 Å². The van der Waals surface area contributed by atoms with Gasteiger partial charge in [0, 0.05) is 19.2 Å². The summed E-state index contributed by atoms with van der Waals surface area (Å²) in [5, 5.41) is 4.91. The van der Waals surface area contributed by atoms with Crippen LogP contribution in [-0.2, 0) is 32.0 Å². The minimum atomic E-state index is -1.21. The first kappa shape index (κ1) is 24.8. The van der Waals surface area contributed by atoms with Gasteiger partial charge in [0.1, 0.15) is 25.1 Å². The fourth-order valence-electron chi connectivity index (χ4n) is 2.71. The number of alkyl carbamates (subject to hydrolysis) is 1. The lowest BCUT2D eigenvalue weighted by molar-refractivity contribution is -0.147. The standard InChI is InChI=1S/C23H27FN2O6/c1-3-16-11-18(13-19(24)12-16)21(27)25-14-20(22(28)31-10-9-30-2)26-23(29)32-15-17-7-5-4-6-8-17/h4-8,11-13,20H,3,9-10,14-15H2,1-2H3,(H,25,27)(H,26,29)/t20-/m1/s1. The van der Waals surface area contributed by atoms with Crippen molar-refractivity contribution in [1.82, 2.24) is 10.6 Å². The highest BCUT2D eigenvalue weighted by Crippen LogP contribution is 2.10. The van der Waals surface area contributed by atoms with E-state index in [1.807, 2.05) is 13.0 Å². The maximum absolute atomic E-state index is 13.7. The molecule has 0 radical (unpaired) electrons. The predicted molar refractivity (Wildman–Crippen MR) is 114 cm³/mol. The molecule has 2 rings (SSSR count). The van der Waals surface area contributed by atoms with Gasteiger partial charge in [-0.05, 0) is 35.7 Å². The molecule has 0 spiro atoms. The number of nitrogens with one attached hydrogen (secondary N) is 2. The monoisotopic (exact) mass is 446 g/mol. The summed E-state index contributed by atoms with van der Waals surface area (Å²) in [6.45, 7) is 1.72. The molecule has 9 heteroatoms. The van der Waals surface area contributed by atoms with Crippen LogP contribution in [0, 0.1) is 5.82 Å². The van der Waals surface area contributed by atoms with Crippen molar-refractivity contribution in [1.29, 1.82) is 0 Å². The van der Waals surface area contributed by atoms with Gasteiger partial charge in [0.15, 0.2) is 0 Å². The molecule has 2 aromatic carbocycles. The number of halogens is 1. The highest BCUT2D eigenvalue weighted by atomic mass is 19.1.